The molecule has 0 aliphatic heterocycles. The van der Waals surface area contributed by atoms with E-state index in [1.54, 1.807) is 0 Å². The lowest BCUT2D eigenvalue weighted by molar-refractivity contribution is 0.220. The van der Waals surface area contributed by atoms with Gasteiger partial charge >= 0.3 is 10.6 Å². The second-order valence-electron chi connectivity index (χ2n) is 0.698. The van der Waals surface area contributed by atoms with E-state index in [1.807, 2.05) is 0 Å². The van der Waals surface area contributed by atoms with Crippen molar-refractivity contribution >= 4 is 32.2 Å². The van der Waals surface area contributed by atoms with E-state index in [0.29, 0.717) is 0 Å². The van der Waals surface area contributed by atoms with Crippen molar-refractivity contribution in [2.24, 2.45) is 0 Å². The first-order valence-corrected chi connectivity index (χ1v) is 3.58. The van der Waals surface area contributed by atoms with Crippen LogP contribution in [-0.2, 0) is 0 Å². The van der Waals surface area contributed by atoms with Gasteiger partial charge in [0.2, 0.25) is 0 Å². The Labute approximate surface area is 52.7 Å². The van der Waals surface area contributed by atoms with Gasteiger partial charge in [-0.1, -0.05) is 0 Å². The quantitative estimate of drug-likeness (QED) is 0.517. The Bertz CT molecular complexity index is 96.6. The lowest BCUT2D eigenvalue weighted by Gasteiger charge is -1.83. The Morgan fingerprint density at radius 2 is 1.25 bits per heavy atom. The van der Waals surface area contributed by atoms with Gasteiger partial charge in [-0.2, -0.15) is 0 Å². The number of rotatable bonds is 0. The molecule has 4 nitrogen and oxygen atoms in total. The van der Waals surface area contributed by atoms with E-state index in [4.69, 9.17) is 10.2 Å². The lowest BCUT2D eigenvalue weighted by atomic mass is 11.6. The lowest BCUT2D eigenvalue weighted by Crippen LogP contribution is -1.82. The molecular formula is C2H2O4S2. The zero-order chi connectivity index (χ0) is 6.57. The molecule has 2 N–H and O–H groups in total. The Hall–Kier alpha value is -0.360. The van der Waals surface area contributed by atoms with Crippen LogP contribution < -0.4 is 0 Å². The van der Waals surface area contributed by atoms with Crippen molar-refractivity contribution in [1.82, 2.24) is 0 Å². The largest absolute Gasteiger partial charge is 0.473 e. The molecule has 0 aromatic heterocycles. The van der Waals surface area contributed by atoms with E-state index in [1.165, 1.54) is 0 Å². The van der Waals surface area contributed by atoms with Crippen molar-refractivity contribution in [3.05, 3.63) is 0 Å². The molecular weight excluding hydrogens is 152 g/mol. The minimum atomic E-state index is -1.20. The van der Waals surface area contributed by atoms with Gasteiger partial charge in [-0.05, 0) is 0 Å². The average molecular weight is 154 g/mol. The standard InChI is InChI=1S/C2H2O4S2/c3-1(4)7-8-2(5)6/h(H,3,4)(H,5,6). The predicted molar refractivity (Wildman–Crippen MR) is 31.2 cm³/mol. The molecule has 46 valence electrons. The summed E-state index contributed by atoms with van der Waals surface area (Å²) in [5.74, 6) is 0. The van der Waals surface area contributed by atoms with Gasteiger partial charge in [-0.15, -0.1) is 0 Å². The second kappa shape index (κ2) is 3.62. The number of hydrogen-bond donors (Lipinski definition) is 2. The zero-order valence-corrected chi connectivity index (χ0v) is 5.16. The van der Waals surface area contributed by atoms with Crippen LogP contribution in [0.3, 0.4) is 0 Å². The molecule has 0 radical (unpaired) electrons. The number of carboxylic acid groups (broad SMARTS) is 2. The van der Waals surface area contributed by atoms with E-state index >= 15 is 0 Å². The van der Waals surface area contributed by atoms with Gasteiger partial charge in [0.1, 0.15) is 0 Å². The molecule has 0 aliphatic rings. The van der Waals surface area contributed by atoms with Gasteiger partial charge in [0.25, 0.3) is 0 Å². The maximum Gasteiger partial charge on any atom is 0.376 e. The minimum absolute atomic E-state index is 0.273. The van der Waals surface area contributed by atoms with E-state index in [0.717, 1.165) is 0 Å². The molecule has 0 fully saturated rings. The van der Waals surface area contributed by atoms with Gasteiger partial charge in [-0.3, -0.25) is 0 Å². The molecule has 6 heteroatoms. The summed E-state index contributed by atoms with van der Waals surface area (Å²) in [6.45, 7) is 0. The van der Waals surface area contributed by atoms with Crippen LogP contribution in [0.15, 0.2) is 0 Å². The molecule has 0 rings (SSSR count). The first-order valence-electron chi connectivity index (χ1n) is 1.43. The highest BCUT2D eigenvalue weighted by Crippen LogP contribution is 2.21. The molecule has 0 heterocycles. The van der Waals surface area contributed by atoms with E-state index < -0.39 is 10.6 Å². The fraction of sp³-hybridized carbons (Fsp3) is 0. The normalized spacial score (nSPS) is 8.50. The molecule has 8 heavy (non-hydrogen) atoms. The second-order valence-corrected chi connectivity index (χ2v) is 2.73. The van der Waals surface area contributed by atoms with Crippen molar-refractivity contribution in [3.8, 4) is 0 Å². The molecule has 0 saturated heterocycles. The van der Waals surface area contributed by atoms with E-state index in [9.17, 15) is 9.59 Å². The van der Waals surface area contributed by atoms with Crippen molar-refractivity contribution in [3.63, 3.8) is 0 Å². The third-order valence-electron chi connectivity index (χ3n) is 0.184. The molecule has 0 saturated carbocycles. The molecule has 0 atom stereocenters. The van der Waals surface area contributed by atoms with Crippen LogP contribution in [0.2, 0.25) is 0 Å². The van der Waals surface area contributed by atoms with E-state index in [-0.39, 0.29) is 21.6 Å². The summed E-state index contributed by atoms with van der Waals surface area (Å²) in [6.07, 6.45) is 0. The summed E-state index contributed by atoms with van der Waals surface area (Å²) < 4.78 is 0. The fourth-order valence-corrected chi connectivity index (χ4v) is 0.642. The van der Waals surface area contributed by atoms with Gasteiger partial charge < -0.3 is 10.2 Å². The highest BCUT2D eigenvalue weighted by Gasteiger charge is 2.02. The van der Waals surface area contributed by atoms with Gasteiger partial charge in [-0.25, -0.2) is 9.59 Å². The van der Waals surface area contributed by atoms with Crippen LogP contribution in [0.5, 0.6) is 0 Å². The monoisotopic (exact) mass is 154 g/mol. The Kier molecular flexibility index (Phi) is 3.46. The summed E-state index contributed by atoms with van der Waals surface area (Å²) in [4.78, 5) is 19.2. The summed E-state index contributed by atoms with van der Waals surface area (Å²) >= 11 is 0. The van der Waals surface area contributed by atoms with Crippen LogP contribution in [0, 0.1) is 0 Å². The Morgan fingerprint density at radius 3 is 1.38 bits per heavy atom. The molecule has 0 spiro atoms. The van der Waals surface area contributed by atoms with Gasteiger partial charge in [0, 0.05) is 21.6 Å². The minimum Gasteiger partial charge on any atom is -0.473 e. The van der Waals surface area contributed by atoms with Crippen LogP contribution in [-0.4, -0.2) is 20.8 Å². The van der Waals surface area contributed by atoms with Crippen LogP contribution >= 0.6 is 21.6 Å². The third-order valence-corrected chi connectivity index (χ3v) is 1.66. The topological polar surface area (TPSA) is 74.6 Å². The Morgan fingerprint density at radius 1 is 1.00 bits per heavy atom. The fourth-order valence-electron chi connectivity index (χ4n) is 0.0713. The summed E-state index contributed by atoms with van der Waals surface area (Å²) in [5.41, 5.74) is 0. The first kappa shape index (κ1) is 7.64. The predicted octanol–water partition coefficient (Wildman–Crippen LogP) is 1.72. The van der Waals surface area contributed by atoms with Gasteiger partial charge in [0.15, 0.2) is 0 Å². The average Bonchev–Trinajstić information content (AvgIpc) is 1.61. The molecule has 0 amide bonds. The zero-order valence-electron chi connectivity index (χ0n) is 3.53. The molecule has 0 aromatic rings. The first-order chi connectivity index (χ1) is 3.63. The summed E-state index contributed by atoms with van der Waals surface area (Å²) in [5, 5.41) is 13.3. The van der Waals surface area contributed by atoms with Crippen molar-refractivity contribution in [2.75, 3.05) is 0 Å². The van der Waals surface area contributed by atoms with E-state index in [2.05, 4.69) is 0 Å². The SMILES string of the molecule is O=C(O)SSC(=O)O. The molecule has 0 aromatic carbocycles. The molecule has 0 aliphatic carbocycles. The molecule has 0 unspecified atom stereocenters. The van der Waals surface area contributed by atoms with Crippen molar-refractivity contribution in [2.45, 2.75) is 0 Å². The number of hydrogen-bond acceptors (Lipinski definition) is 4. The summed E-state index contributed by atoms with van der Waals surface area (Å²) in [6, 6.07) is 0. The van der Waals surface area contributed by atoms with Gasteiger partial charge in [0.05, 0.1) is 0 Å². The Balaban J connectivity index is 3.18. The van der Waals surface area contributed by atoms with Crippen molar-refractivity contribution < 1.29 is 19.8 Å². The molecule has 0 bridgehead atoms. The maximum absolute atomic E-state index is 9.58. The van der Waals surface area contributed by atoms with Crippen LogP contribution in [0.25, 0.3) is 0 Å². The highest BCUT2D eigenvalue weighted by molar-refractivity contribution is 8.86. The maximum atomic E-state index is 9.58. The summed E-state index contributed by atoms with van der Waals surface area (Å²) in [7, 11) is 0.546. The van der Waals surface area contributed by atoms with Crippen LogP contribution in [0.1, 0.15) is 0 Å². The van der Waals surface area contributed by atoms with Crippen molar-refractivity contribution in [1.29, 1.82) is 0 Å². The van der Waals surface area contributed by atoms with Crippen LogP contribution in [0.4, 0.5) is 9.59 Å². The third kappa shape index (κ3) is 5.64. The smallest absolute Gasteiger partial charge is 0.376 e. The number of carbonyl (C=O) groups is 2. The highest BCUT2D eigenvalue weighted by atomic mass is 33.1.